The zero-order valence-corrected chi connectivity index (χ0v) is 18.9. The van der Waals surface area contributed by atoms with Crippen LogP contribution in [0.2, 0.25) is 0 Å². The molecule has 2 N–H and O–H groups in total. The van der Waals surface area contributed by atoms with Crippen LogP contribution in [0.3, 0.4) is 0 Å². The van der Waals surface area contributed by atoms with Crippen LogP contribution >= 0.6 is 0 Å². The third kappa shape index (κ3) is 5.33. The van der Waals surface area contributed by atoms with Crippen LogP contribution in [-0.2, 0) is 6.54 Å². The van der Waals surface area contributed by atoms with E-state index in [1.165, 1.54) is 18.2 Å². The zero-order chi connectivity index (χ0) is 23.1. The van der Waals surface area contributed by atoms with Crippen molar-refractivity contribution >= 4 is 11.6 Å². The molecule has 1 fully saturated rings. The van der Waals surface area contributed by atoms with E-state index in [4.69, 9.17) is 14.2 Å². The maximum Gasteiger partial charge on any atom is 0.203 e. The van der Waals surface area contributed by atoms with Crippen molar-refractivity contribution in [3.8, 4) is 17.2 Å². The lowest BCUT2D eigenvalue weighted by molar-refractivity contribution is 0.288. The monoisotopic (exact) mass is 448 g/mol. The summed E-state index contributed by atoms with van der Waals surface area (Å²) in [7, 11) is 4.84. The van der Waals surface area contributed by atoms with Crippen molar-refractivity contribution < 1.29 is 23.0 Å². The fourth-order valence-corrected chi connectivity index (χ4v) is 3.77. The number of anilines is 1. The number of para-hydroxylation sites is 1. The Labute approximate surface area is 187 Å². The van der Waals surface area contributed by atoms with Crippen molar-refractivity contribution in [1.29, 1.82) is 0 Å². The van der Waals surface area contributed by atoms with E-state index in [0.717, 1.165) is 12.0 Å². The molecule has 3 rings (SSSR count). The second-order valence-electron chi connectivity index (χ2n) is 7.33. The van der Waals surface area contributed by atoms with E-state index < -0.39 is 11.6 Å². The van der Waals surface area contributed by atoms with Gasteiger partial charge in [-0.3, -0.25) is 4.99 Å². The Kier molecular flexibility index (Phi) is 7.97. The Morgan fingerprint density at radius 1 is 1.16 bits per heavy atom. The van der Waals surface area contributed by atoms with Crippen molar-refractivity contribution in [1.82, 2.24) is 10.6 Å². The largest absolute Gasteiger partial charge is 0.493 e. The average Bonchev–Trinajstić information content (AvgIpc) is 3.25. The highest BCUT2D eigenvalue weighted by Crippen LogP contribution is 2.38. The van der Waals surface area contributed by atoms with E-state index in [2.05, 4.69) is 15.6 Å². The molecule has 1 atom stereocenters. The second kappa shape index (κ2) is 10.9. The van der Waals surface area contributed by atoms with Crippen LogP contribution in [-0.4, -0.2) is 53.0 Å². The van der Waals surface area contributed by atoms with Crippen LogP contribution < -0.4 is 29.7 Å². The topological polar surface area (TPSA) is 67.4 Å². The molecule has 7 nitrogen and oxygen atoms in total. The van der Waals surface area contributed by atoms with Crippen molar-refractivity contribution in [3.63, 3.8) is 0 Å². The van der Waals surface area contributed by atoms with Gasteiger partial charge in [-0.1, -0.05) is 6.07 Å². The number of halogens is 2. The highest BCUT2D eigenvalue weighted by molar-refractivity contribution is 5.80. The second-order valence-corrected chi connectivity index (χ2v) is 7.33. The fourth-order valence-electron chi connectivity index (χ4n) is 3.77. The molecule has 2 aromatic carbocycles. The minimum Gasteiger partial charge on any atom is -0.493 e. The Morgan fingerprint density at radius 3 is 2.38 bits per heavy atom. The number of methoxy groups -OCH3 is 2. The summed E-state index contributed by atoms with van der Waals surface area (Å²) in [5, 5.41) is 6.59. The first-order chi connectivity index (χ1) is 15.5. The third-order valence-corrected chi connectivity index (χ3v) is 5.28. The van der Waals surface area contributed by atoms with Gasteiger partial charge in [0.05, 0.1) is 20.8 Å². The molecule has 1 unspecified atom stereocenters. The molecule has 1 aliphatic rings. The lowest BCUT2D eigenvalue weighted by atomic mass is 10.1. The summed E-state index contributed by atoms with van der Waals surface area (Å²) in [6.45, 7) is 3.89. The third-order valence-electron chi connectivity index (χ3n) is 5.28. The fraction of sp³-hybridized carbons (Fsp3) is 0.435. The van der Waals surface area contributed by atoms with Gasteiger partial charge in [0.2, 0.25) is 5.75 Å². The first-order valence-corrected chi connectivity index (χ1v) is 10.5. The highest BCUT2D eigenvalue weighted by atomic mass is 19.1. The van der Waals surface area contributed by atoms with Crippen LogP contribution in [0.25, 0.3) is 0 Å². The van der Waals surface area contributed by atoms with Crippen LogP contribution in [0, 0.1) is 11.6 Å². The summed E-state index contributed by atoms with van der Waals surface area (Å²) in [4.78, 5) is 5.99. The minimum absolute atomic E-state index is 0.00427. The summed E-state index contributed by atoms with van der Waals surface area (Å²) in [6, 6.07) is 7.69. The molecule has 1 aliphatic heterocycles. The number of benzene rings is 2. The molecule has 0 amide bonds. The number of rotatable bonds is 8. The molecule has 9 heteroatoms. The SMILES string of the molecule is CCOc1c(OC)cc(CNC(=NC)NC2CCN(c3c(F)cccc3F)C2)cc1OC. The predicted molar refractivity (Wildman–Crippen MR) is 121 cm³/mol. The summed E-state index contributed by atoms with van der Waals surface area (Å²) in [6.07, 6.45) is 0.735. The Balaban J connectivity index is 1.62. The van der Waals surface area contributed by atoms with Gasteiger partial charge in [-0.25, -0.2) is 8.78 Å². The van der Waals surface area contributed by atoms with E-state index in [1.54, 1.807) is 26.2 Å². The molecular formula is C23H30F2N4O3. The van der Waals surface area contributed by atoms with Crippen LogP contribution in [0.5, 0.6) is 17.2 Å². The number of ether oxygens (including phenoxy) is 3. The highest BCUT2D eigenvalue weighted by Gasteiger charge is 2.27. The van der Waals surface area contributed by atoms with E-state index in [9.17, 15) is 8.78 Å². The van der Waals surface area contributed by atoms with E-state index in [1.807, 2.05) is 19.1 Å². The number of aliphatic imine (C=N–C) groups is 1. The molecule has 32 heavy (non-hydrogen) atoms. The summed E-state index contributed by atoms with van der Waals surface area (Å²) in [5.41, 5.74) is 0.944. The maximum absolute atomic E-state index is 14.1. The molecule has 0 aliphatic carbocycles. The first kappa shape index (κ1) is 23.4. The van der Waals surface area contributed by atoms with Crippen molar-refractivity contribution in [2.45, 2.75) is 25.9 Å². The Bertz CT molecular complexity index is 910. The van der Waals surface area contributed by atoms with Crippen molar-refractivity contribution in [2.24, 2.45) is 4.99 Å². The van der Waals surface area contributed by atoms with Crippen LogP contribution in [0.4, 0.5) is 14.5 Å². The van der Waals surface area contributed by atoms with Gasteiger partial charge in [-0.2, -0.15) is 0 Å². The summed E-state index contributed by atoms with van der Waals surface area (Å²) < 4.78 is 44.7. The molecule has 0 radical (unpaired) electrons. The number of nitrogens with zero attached hydrogens (tertiary/aromatic N) is 2. The molecular weight excluding hydrogens is 418 g/mol. The van der Waals surface area contributed by atoms with Crippen molar-refractivity contribution in [2.75, 3.05) is 45.9 Å². The number of nitrogens with one attached hydrogen (secondary N) is 2. The molecule has 174 valence electrons. The Morgan fingerprint density at radius 2 is 1.81 bits per heavy atom. The van der Waals surface area contributed by atoms with Gasteiger partial charge in [0.15, 0.2) is 17.5 Å². The van der Waals surface area contributed by atoms with Crippen LogP contribution in [0.1, 0.15) is 18.9 Å². The number of guanidine groups is 1. The lowest BCUT2D eigenvalue weighted by Crippen LogP contribution is -2.44. The zero-order valence-electron chi connectivity index (χ0n) is 18.9. The normalized spacial score (nSPS) is 16.1. The van der Waals surface area contributed by atoms with Gasteiger partial charge in [-0.05, 0) is 43.2 Å². The summed E-state index contributed by atoms with van der Waals surface area (Å²) in [5.74, 6) is 1.24. The Hall–Kier alpha value is -3.23. The molecule has 0 spiro atoms. The van der Waals surface area contributed by atoms with Crippen LogP contribution in [0.15, 0.2) is 35.3 Å². The predicted octanol–water partition coefficient (Wildman–Crippen LogP) is 3.32. The minimum atomic E-state index is -0.549. The van der Waals surface area contributed by atoms with E-state index in [-0.39, 0.29) is 11.7 Å². The molecule has 1 heterocycles. The quantitative estimate of drug-likeness (QED) is 0.477. The summed E-state index contributed by atoms with van der Waals surface area (Å²) >= 11 is 0. The molecule has 0 saturated carbocycles. The number of hydrogen-bond acceptors (Lipinski definition) is 5. The maximum atomic E-state index is 14.1. The van der Waals surface area contributed by atoms with Gasteiger partial charge in [0.1, 0.15) is 17.3 Å². The average molecular weight is 449 g/mol. The van der Waals surface area contributed by atoms with Gasteiger partial charge in [-0.15, -0.1) is 0 Å². The van der Waals surface area contributed by atoms with Gasteiger partial charge < -0.3 is 29.7 Å². The molecule has 0 aromatic heterocycles. The first-order valence-electron chi connectivity index (χ1n) is 10.5. The van der Waals surface area contributed by atoms with Crippen molar-refractivity contribution in [3.05, 3.63) is 47.5 Å². The van der Waals surface area contributed by atoms with E-state index in [0.29, 0.717) is 49.4 Å². The molecule has 0 bridgehead atoms. The molecule has 1 saturated heterocycles. The standard InChI is InChI=1S/C23H30F2N4O3/c1-5-32-22-19(30-3)11-15(12-20(22)31-4)13-27-23(26-2)28-16-9-10-29(14-16)21-17(24)7-6-8-18(21)25/h6-8,11-12,16H,5,9-10,13-14H2,1-4H3,(H2,26,27,28). The number of hydrogen-bond donors (Lipinski definition) is 2. The smallest absolute Gasteiger partial charge is 0.203 e. The van der Waals surface area contributed by atoms with Gasteiger partial charge in [0, 0.05) is 32.7 Å². The van der Waals surface area contributed by atoms with Gasteiger partial charge >= 0.3 is 0 Å². The lowest BCUT2D eigenvalue weighted by Gasteiger charge is -2.21. The molecule has 2 aromatic rings. The van der Waals surface area contributed by atoms with E-state index >= 15 is 0 Å². The van der Waals surface area contributed by atoms with Gasteiger partial charge in [0.25, 0.3) is 0 Å².